The summed E-state index contributed by atoms with van der Waals surface area (Å²) in [5.74, 6) is 0. The van der Waals surface area contributed by atoms with Crippen LogP contribution < -0.4 is 21.4 Å². The standard InChI is InChI=1S/C4H12N4O2Si/c1-11(2,7-3(5)9)8-4(6)10/h1-2H3,(H3,5,7,9)(H3,6,8,10). The monoisotopic (exact) mass is 176 g/mol. The molecule has 0 aliphatic heterocycles. The van der Waals surface area contributed by atoms with Crippen LogP contribution in [0.2, 0.25) is 13.1 Å². The van der Waals surface area contributed by atoms with E-state index in [4.69, 9.17) is 11.5 Å². The number of carbonyl (C=O) groups excluding carboxylic acids is 2. The molecule has 0 saturated heterocycles. The van der Waals surface area contributed by atoms with Crippen molar-refractivity contribution in [1.29, 1.82) is 0 Å². The van der Waals surface area contributed by atoms with E-state index in [0.29, 0.717) is 0 Å². The normalized spacial score (nSPS) is 10.4. The van der Waals surface area contributed by atoms with Gasteiger partial charge in [0.1, 0.15) is 0 Å². The summed E-state index contributed by atoms with van der Waals surface area (Å²) >= 11 is 0. The molecule has 0 aromatic rings. The first-order valence-corrected chi connectivity index (χ1v) is 5.99. The molecule has 0 heterocycles. The van der Waals surface area contributed by atoms with Gasteiger partial charge in [-0.25, -0.2) is 9.59 Å². The Labute approximate surface area is 65.5 Å². The van der Waals surface area contributed by atoms with Crippen molar-refractivity contribution in [1.82, 2.24) is 9.96 Å². The highest BCUT2D eigenvalue weighted by Crippen LogP contribution is 1.88. The molecule has 7 heteroatoms. The zero-order chi connectivity index (χ0) is 9.07. The number of hydrogen-bond acceptors (Lipinski definition) is 2. The molecule has 0 aliphatic carbocycles. The van der Waals surface area contributed by atoms with Crippen LogP contribution in [-0.4, -0.2) is 20.5 Å². The smallest absolute Gasteiger partial charge is 0.305 e. The number of nitrogens with one attached hydrogen (secondary N) is 2. The van der Waals surface area contributed by atoms with Crippen molar-refractivity contribution in [3.63, 3.8) is 0 Å². The fraction of sp³-hybridized carbons (Fsp3) is 0.500. The zero-order valence-electron chi connectivity index (χ0n) is 6.47. The van der Waals surface area contributed by atoms with Crippen LogP contribution in [0.4, 0.5) is 9.59 Å². The predicted molar refractivity (Wildman–Crippen MR) is 42.9 cm³/mol. The summed E-state index contributed by atoms with van der Waals surface area (Å²) < 4.78 is 0. The summed E-state index contributed by atoms with van der Waals surface area (Å²) in [5.41, 5.74) is 9.69. The highest BCUT2D eigenvalue weighted by Gasteiger charge is 2.24. The van der Waals surface area contributed by atoms with Gasteiger partial charge in [-0.15, -0.1) is 0 Å². The molecule has 0 aromatic carbocycles. The Hall–Kier alpha value is -1.24. The minimum Gasteiger partial charge on any atom is -0.352 e. The van der Waals surface area contributed by atoms with Crippen molar-refractivity contribution < 1.29 is 9.59 Å². The van der Waals surface area contributed by atoms with Crippen molar-refractivity contribution in [2.45, 2.75) is 13.1 Å². The van der Waals surface area contributed by atoms with Gasteiger partial charge < -0.3 is 21.4 Å². The van der Waals surface area contributed by atoms with Gasteiger partial charge in [0.15, 0.2) is 0 Å². The van der Waals surface area contributed by atoms with Crippen molar-refractivity contribution in [2.75, 3.05) is 0 Å². The van der Waals surface area contributed by atoms with Crippen LogP contribution in [0.25, 0.3) is 0 Å². The number of nitrogens with two attached hydrogens (primary N) is 2. The van der Waals surface area contributed by atoms with Gasteiger partial charge in [-0.05, 0) is 13.1 Å². The van der Waals surface area contributed by atoms with Gasteiger partial charge in [0.2, 0.25) is 0 Å². The van der Waals surface area contributed by atoms with E-state index in [9.17, 15) is 9.59 Å². The third-order valence-electron chi connectivity index (χ3n) is 0.871. The van der Waals surface area contributed by atoms with E-state index < -0.39 is 20.5 Å². The molecule has 0 unspecified atom stereocenters. The Morgan fingerprint density at radius 3 is 1.55 bits per heavy atom. The molecule has 11 heavy (non-hydrogen) atoms. The van der Waals surface area contributed by atoms with Crippen LogP contribution in [0.3, 0.4) is 0 Å². The third kappa shape index (κ3) is 5.21. The van der Waals surface area contributed by atoms with Crippen LogP contribution in [0.15, 0.2) is 0 Å². The van der Waals surface area contributed by atoms with Crippen molar-refractivity contribution in [3.05, 3.63) is 0 Å². The Morgan fingerprint density at radius 2 is 1.36 bits per heavy atom. The number of primary amides is 2. The fourth-order valence-electron chi connectivity index (χ4n) is 0.647. The Morgan fingerprint density at radius 1 is 1.09 bits per heavy atom. The molecular weight excluding hydrogens is 164 g/mol. The van der Waals surface area contributed by atoms with E-state index in [0.717, 1.165) is 0 Å². The lowest BCUT2D eigenvalue weighted by Gasteiger charge is -2.21. The number of hydrogen-bond donors (Lipinski definition) is 4. The van der Waals surface area contributed by atoms with Gasteiger partial charge in [-0.3, -0.25) is 0 Å². The van der Waals surface area contributed by atoms with Gasteiger partial charge in [0.05, 0.1) is 0 Å². The summed E-state index contributed by atoms with van der Waals surface area (Å²) in [6.45, 7) is 3.39. The maximum absolute atomic E-state index is 10.4. The lowest BCUT2D eigenvalue weighted by Crippen LogP contribution is -2.63. The first-order valence-electron chi connectivity index (χ1n) is 2.99. The van der Waals surface area contributed by atoms with Gasteiger partial charge in [0.25, 0.3) is 8.40 Å². The SMILES string of the molecule is C[Si](C)(NC(N)=O)NC(N)=O. The van der Waals surface area contributed by atoms with E-state index in [-0.39, 0.29) is 0 Å². The molecule has 6 nitrogen and oxygen atoms in total. The van der Waals surface area contributed by atoms with E-state index in [1.165, 1.54) is 0 Å². The Kier molecular flexibility index (Phi) is 2.87. The van der Waals surface area contributed by atoms with Crippen LogP contribution in [-0.2, 0) is 0 Å². The maximum Gasteiger partial charge on any atom is 0.305 e. The Balaban J connectivity index is 3.99. The van der Waals surface area contributed by atoms with Crippen LogP contribution in [0.1, 0.15) is 0 Å². The number of carbonyl (C=O) groups is 2. The lowest BCUT2D eigenvalue weighted by molar-refractivity contribution is 0.251. The number of urea groups is 2. The van der Waals surface area contributed by atoms with Crippen molar-refractivity contribution in [2.24, 2.45) is 11.5 Å². The molecule has 0 radical (unpaired) electrons. The van der Waals surface area contributed by atoms with E-state index in [1.54, 1.807) is 13.1 Å². The molecule has 64 valence electrons. The average Bonchev–Trinajstić information content (AvgIpc) is 1.53. The summed E-state index contributed by atoms with van der Waals surface area (Å²) in [7, 11) is -2.28. The first kappa shape index (κ1) is 9.76. The topological polar surface area (TPSA) is 110 Å². The second kappa shape index (κ2) is 3.24. The fourth-order valence-corrected chi connectivity index (χ4v) is 1.94. The second-order valence-corrected chi connectivity index (χ2v) is 6.35. The predicted octanol–water partition coefficient (Wildman–Crippen LogP) is -0.975. The molecule has 0 saturated carbocycles. The largest absolute Gasteiger partial charge is 0.352 e. The Bertz CT molecular complexity index is 163. The maximum atomic E-state index is 10.4. The minimum atomic E-state index is -2.28. The first-order chi connectivity index (χ1) is 4.83. The van der Waals surface area contributed by atoms with Crippen LogP contribution >= 0.6 is 0 Å². The molecule has 0 rings (SSSR count). The lowest BCUT2D eigenvalue weighted by atomic mass is 11.2. The van der Waals surface area contributed by atoms with Gasteiger partial charge in [0, 0.05) is 0 Å². The molecule has 0 spiro atoms. The molecule has 0 bridgehead atoms. The van der Waals surface area contributed by atoms with Crippen molar-refractivity contribution in [3.8, 4) is 0 Å². The summed E-state index contributed by atoms with van der Waals surface area (Å²) in [4.78, 5) is 25.5. The quantitative estimate of drug-likeness (QED) is 0.406. The second-order valence-electron chi connectivity index (χ2n) is 2.60. The highest BCUT2D eigenvalue weighted by molar-refractivity contribution is 6.76. The molecule has 0 aromatic heterocycles. The van der Waals surface area contributed by atoms with Gasteiger partial charge in [-0.2, -0.15) is 0 Å². The van der Waals surface area contributed by atoms with E-state index in [2.05, 4.69) is 9.96 Å². The number of amides is 4. The van der Waals surface area contributed by atoms with Crippen LogP contribution in [0.5, 0.6) is 0 Å². The number of rotatable bonds is 2. The molecule has 4 amide bonds. The average molecular weight is 176 g/mol. The molecule has 6 N–H and O–H groups in total. The van der Waals surface area contributed by atoms with Crippen molar-refractivity contribution >= 4 is 20.5 Å². The molecular formula is C4H12N4O2Si. The molecule has 0 fully saturated rings. The minimum absolute atomic E-state index is 0.657. The zero-order valence-corrected chi connectivity index (χ0v) is 7.47. The summed E-state index contributed by atoms with van der Waals surface area (Å²) in [6, 6.07) is -1.31. The third-order valence-corrected chi connectivity index (χ3v) is 2.61. The highest BCUT2D eigenvalue weighted by atomic mass is 28.3. The summed E-state index contributed by atoms with van der Waals surface area (Å²) in [5, 5.41) is 0. The van der Waals surface area contributed by atoms with Gasteiger partial charge in [-0.1, -0.05) is 0 Å². The van der Waals surface area contributed by atoms with E-state index in [1.807, 2.05) is 0 Å². The van der Waals surface area contributed by atoms with Crippen LogP contribution in [0, 0.1) is 0 Å². The molecule has 0 aliphatic rings. The van der Waals surface area contributed by atoms with Gasteiger partial charge >= 0.3 is 12.1 Å². The van der Waals surface area contributed by atoms with E-state index >= 15 is 0 Å². The summed E-state index contributed by atoms with van der Waals surface area (Å²) in [6.07, 6.45) is 0. The molecule has 0 atom stereocenters.